The highest BCUT2D eigenvalue weighted by molar-refractivity contribution is 7.10. The second-order valence-corrected chi connectivity index (χ2v) is 5.16. The highest BCUT2D eigenvalue weighted by Crippen LogP contribution is 2.29. The molecule has 1 atom stereocenters. The molecule has 0 aromatic carbocycles. The van der Waals surface area contributed by atoms with E-state index >= 15 is 0 Å². The summed E-state index contributed by atoms with van der Waals surface area (Å²) < 4.78 is 0. The molecular weight excluding hydrogens is 178 g/mol. The smallest absolute Gasteiger partial charge is 0.0388 e. The number of hydrogen-bond donors (Lipinski definition) is 1. The lowest BCUT2D eigenvalue weighted by atomic mass is 9.81. The third kappa shape index (κ3) is 2.12. The van der Waals surface area contributed by atoms with E-state index < -0.39 is 0 Å². The fourth-order valence-electron chi connectivity index (χ4n) is 2.01. The van der Waals surface area contributed by atoms with Gasteiger partial charge in [0.05, 0.1) is 0 Å². The first-order chi connectivity index (χ1) is 6.25. The number of hydrogen-bond acceptors (Lipinski definition) is 2. The van der Waals surface area contributed by atoms with Crippen LogP contribution in [-0.2, 0) is 0 Å². The highest BCUT2D eigenvalue weighted by atomic mass is 32.1. The predicted octanol–water partition coefficient (Wildman–Crippen LogP) is 3.20. The zero-order valence-corrected chi connectivity index (χ0v) is 9.10. The van der Waals surface area contributed by atoms with Crippen molar-refractivity contribution in [2.24, 2.45) is 5.92 Å². The zero-order valence-electron chi connectivity index (χ0n) is 8.29. The zero-order chi connectivity index (χ0) is 9.26. The van der Waals surface area contributed by atoms with E-state index in [1.807, 2.05) is 11.3 Å². The van der Waals surface area contributed by atoms with Gasteiger partial charge in [-0.15, -0.1) is 11.3 Å². The van der Waals surface area contributed by atoms with Crippen LogP contribution in [-0.4, -0.2) is 6.04 Å². The van der Waals surface area contributed by atoms with Crippen molar-refractivity contribution in [2.45, 2.75) is 38.8 Å². The van der Waals surface area contributed by atoms with Gasteiger partial charge < -0.3 is 5.32 Å². The molecule has 2 rings (SSSR count). The summed E-state index contributed by atoms with van der Waals surface area (Å²) in [5, 5.41) is 5.81. The van der Waals surface area contributed by atoms with Gasteiger partial charge in [-0.3, -0.25) is 0 Å². The molecule has 1 aromatic heterocycles. The molecule has 0 unspecified atom stereocenters. The maximum atomic E-state index is 3.66. The summed E-state index contributed by atoms with van der Waals surface area (Å²) in [6, 6.07) is 5.65. The number of nitrogens with one attached hydrogen (secondary N) is 1. The van der Waals surface area contributed by atoms with Gasteiger partial charge in [0.15, 0.2) is 0 Å². The van der Waals surface area contributed by atoms with Gasteiger partial charge in [-0.05, 0) is 37.1 Å². The van der Waals surface area contributed by atoms with Crippen molar-refractivity contribution in [2.75, 3.05) is 0 Å². The van der Waals surface area contributed by atoms with Crippen LogP contribution in [0.2, 0.25) is 0 Å². The summed E-state index contributed by atoms with van der Waals surface area (Å²) in [6.07, 6.45) is 2.71. The van der Waals surface area contributed by atoms with E-state index in [1.54, 1.807) is 0 Å². The van der Waals surface area contributed by atoms with Gasteiger partial charge in [-0.1, -0.05) is 13.0 Å². The predicted molar refractivity (Wildman–Crippen MR) is 58.1 cm³/mol. The monoisotopic (exact) mass is 195 g/mol. The molecule has 1 fully saturated rings. The summed E-state index contributed by atoms with van der Waals surface area (Å²) in [4.78, 5) is 1.46. The Labute approximate surface area is 84.2 Å². The van der Waals surface area contributed by atoms with Crippen molar-refractivity contribution >= 4 is 11.3 Å². The van der Waals surface area contributed by atoms with E-state index in [9.17, 15) is 0 Å². The summed E-state index contributed by atoms with van der Waals surface area (Å²) in [6.45, 7) is 4.59. The van der Waals surface area contributed by atoms with Crippen LogP contribution < -0.4 is 5.32 Å². The average molecular weight is 195 g/mol. The lowest BCUT2D eigenvalue weighted by Crippen LogP contribution is -2.41. The third-order valence-electron chi connectivity index (χ3n) is 2.83. The molecular formula is C11H17NS. The van der Waals surface area contributed by atoms with Crippen LogP contribution in [0.25, 0.3) is 0 Å². The fraction of sp³-hybridized carbons (Fsp3) is 0.636. The molecule has 0 amide bonds. The van der Waals surface area contributed by atoms with Crippen molar-refractivity contribution in [3.05, 3.63) is 22.4 Å². The minimum atomic E-state index is 0.539. The molecule has 0 spiro atoms. The van der Waals surface area contributed by atoms with Crippen molar-refractivity contribution < 1.29 is 0 Å². The maximum Gasteiger partial charge on any atom is 0.0388 e. The first-order valence-corrected chi connectivity index (χ1v) is 5.93. The van der Waals surface area contributed by atoms with Gasteiger partial charge in [0, 0.05) is 17.0 Å². The van der Waals surface area contributed by atoms with Crippen LogP contribution in [0, 0.1) is 5.92 Å². The molecule has 1 aromatic rings. The first-order valence-electron chi connectivity index (χ1n) is 5.05. The fourth-order valence-corrected chi connectivity index (χ4v) is 2.76. The first kappa shape index (κ1) is 9.22. The quantitative estimate of drug-likeness (QED) is 0.781. The summed E-state index contributed by atoms with van der Waals surface area (Å²) in [5.74, 6) is 0.938. The minimum Gasteiger partial charge on any atom is -0.307 e. The average Bonchev–Trinajstić information content (AvgIpc) is 2.53. The largest absolute Gasteiger partial charge is 0.307 e. The Bertz CT molecular complexity index is 249. The van der Waals surface area contributed by atoms with Crippen LogP contribution >= 0.6 is 11.3 Å². The molecule has 0 bridgehead atoms. The molecule has 0 saturated heterocycles. The van der Waals surface area contributed by atoms with Crippen molar-refractivity contribution in [1.82, 2.24) is 5.32 Å². The van der Waals surface area contributed by atoms with Crippen LogP contribution in [0.4, 0.5) is 0 Å². The van der Waals surface area contributed by atoms with Crippen LogP contribution in [0.5, 0.6) is 0 Å². The van der Waals surface area contributed by atoms with Crippen molar-refractivity contribution in [3.63, 3.8) is 0 Å². The second-order valence-electron chi connectivity index (χ2n) is 4.18. The molecule has 2 heteroatoms. The Balaban J connectivity index is 1.82. The Morgan fingerprint density at radius 2 is 2.31 bits per heavy atom. The van der Waals surface area contributed by atoms with E-state index in [4.69, 9.17) is 0 Å². The molecule has 1 aliphatic rings. The standard InChI is InChI=1S/C11H17NS/c1-8-6-10(7-8)12-9(2)11-4-3-5-13-11/h3-5,8-10,12H,6-7H2,1-2H3/t8?,9-,10?/m1/s1. The summed E-state index contributed by atoms with van der Waals surface area (Å²) in [5.41, 5.74) is 0. The summed E-state index contributed by atoms with van der Waals surface area (Å²) in [7, 11) is 0. The maximum absolute atomic E-state index is 3.66. The third-order valence-corrected chi connectivity index (χ3v) is 3.88. The van der Waals surface area contributed by atoms with E-state index in [2.05, 4.69) is 36.7 Å². The summed E-state index contributed by atoms with van der Waals surface area (Å²) >= 11 is 1.85. The molecule has 1 nitrogen and oxygen atoms in total. The van der Waals surface area contributed by atoms with Gasteiger partial charge >= 0.3 is 0 Å². The molecule has 1 saturated carbocycles. The van der Waals surface area contributed by atoms with E-state index in [-0.39, 0.29) is 0 Å². The van der Waals surface area contributed by atoms with E-state index in [1.165, 1.54) is 17.7 Å². The Morgan fingerprint density at radius 3 is 2.85 bits per heavy atom. The van der Waals surface area contributed by atoms with Gasteiger partial charge in [0.25, 0.3) is 0 Å². The van der Waals surface area contributed by atoms with Gasteiger partial charge in [0.2, 0.25) is 0 Å². The van der Waals surface area contributed by atoms with Crippen molar-refractivity contribution in [3.8, 4) is 0 Å². The van der Waals surface area contributed by atoms with Gasteiger partial charge in [0.1, 0.15) is 0 Å². The lowest BCUT2D eigenvalue weighted by molar-refractivity contribution is 0.227. The minimum absolute atomic E-state index is 0.539. The molecule has 72 valence electrons. The van der Waals surface area contributed by atoms with Crippen LogP contribution in [0.15, 0.2) is 17.5 Å². The van der Waals surface area contributed by atoms with Gasteiger partial charge in [-0.2, -0.15) is 0 Å². The molecule has 1 aliphatic carbocycles. The normalized spacial score (nSPS) is 29.7. The topological polar surface area (TPSA) is 12.0 Å². The molecule has 1 heterocycles. The van der Waals surface area contributed by atoms with Gasteiger partial charge in [-0.25, -0.2) is 0 Å². The second kappa shape index (κ2) is 3.81. The Hall–Kier alpha value is -0.340. The van der Waals surface area contributed by atoms with Crippen LogP contribution in [0.3, 0.4) is 0 Å². The van der Waals surface area contributed by atoms with Crippen molar-refractivity contribution in [1.29, 1.82) is 0 Å². The Kier molecular flexibility index (Phi) is 2.70. The lowest BCUT2D eigenvalue weighted by Gasteiger charge is -2.35. The highest BCUT2D eigenvalue weighted by Gasteiger charge is 2.26. The number of rotatable bonds is 3. The Morgan fingerprint density at radius 1 is 1.54 bits per heavy atom. The number of thiophene rings is 1. The van der Waals surface area contributed by atoms with E-state index in [0.717, 1.165) is 12.0 Å². The van der Waals surface area contributed by atoms with E-state index in [0.29, 0.717) is 6.04 Å². The SMILES string of the molecule is CC1CC(N[C@H](C)c2cccs2)C1. The molecule has 1 N–H and O–H groups in total. The molecule has 0 aliphatic heterocycles. The molecule has 0 radical (unpaired) electrons. The van der Waals surface area contributed by atoms with Crippen LogP contribution in [0.1, 0.15) is 37.6 Å². The molecule has 13 heavy (non-hydrogen) atoms.